The number of amides is 1. The Morgan fingerprint density at radius 2 is 2.00 bits per heavy atom. The van der Waals surface area contributed by atoms with Gasteiger partial charge in [-0.05, 0) is 34.6 Å². The molecule has 1 unspecified atom stereocenters. The molecule has 1 aromatic heterocycles. The zero-order chi connectivity index (χ0) is 19.9. The van der Waals surface area contributed by atoms with E-state index in [4.69, 9.17) is 15.3 Å². The van der Waals surface area contributed by atoms with Crippen LogP contribution in [0.2, 0.25) is 0 Å². The number of thioether (sulfide) groups is 1. The fourth-order valence-electron chi connectivity index (χ4n) is 2.43. The summed E-state index contributed by atoms with van der Waals surface area (Å²) in [6.45, 7) is 8.88. The Labute approximate surface area is 153 Å². The van der Waals surface area contributed by atoms with Gasteiger partial charge in [0.2, 0.25) is 5.16 Å². The summed E-state index contributed by atoms with van der Waals surface area (Å²) in [6.07, 6.45) is -5.25. The SMILES string of the molecule is CC(C)(C)OC(=O)N1C(CSc2nnc(C(F)(F)F)n2N)COC1(C)C. The van der Waals surface area contributed by atoms with Gasteiger partial charge >= 0.3 is 12.3 Å². The van der Waals surface area contributed by atoms with E-state index >= 15 is 0 Å². The molecule has 2 rings (SSSR count). The van der Waals surface area contributed by atoms with Crippen molar-refractivity contribution in [2.24, 2.45) is 0 Å². The Morgan fingerprint density at radius 1 is 1.38 bits per heavy atom. The molecule has 0 spiro atoms. The molecule has 1 aliphatic rings. The number of aromatic nitrogens is 3. The summed E-state index contributed by atoms with van der Waals surface area (Å²) in [5, 5.41) is 6.43. The van der Waals surface area contributed by atoms with Crippen molar-refractivity contribution in [2.45, 2.75) is 63.3 Å². The number of hydrogen-bond acceptors (Lipinski definition) is 7. The maximum Gasteiger partial charge on any atom is 0.453 e. The van der Waals surface area contributed by atoms with Gasteiger partial charge in [0.1, 0.15) is 11.3 Å². The average Bonchev–Trinajstić information content (AvgIpc) is 2.94. The van der Waals surface area contributed by atoms with Gasteiger partial charge in [-0.15, -0.1) is 10.2 Å². The lowest BCUT2D eigenvalue weighted by Crippen LogP contribution is -2.50. The molecule has 1 saturated heterocycles. The Bertz CT molecular complexity index is 672. The van der Waals surface area contributed by atoms with Crippen LogP contribution in [0.5, 0.6) is 0 Å². The number of carbonyl (C=O) groups is 1. The second-order valence-corrected chi connectivity index (χ2v) is 8.23. The molecule has 1 aliphatic heterocycles. The Balaban J connectivity index is 2.11. The maximum atomic E-state index is 12.7. The second-order valence-electron chi connectivity index (χ2n) is 7.25. The molecule has 12 heteroatoms. The highest BCUT2D eigenvalue weighted by Crippen LogP contribution is 2.33. The lowest BCUT2D eigenvalue weighted by Gasteiger charge is -2.35. The highest BCUT2D eigenvalue weighted by Gasteiger charge is 2.46. The van der Waals surface area contributed by atoms with Gasteiger partial charge in [-0.3, -0.25) is 4.90 Å². The van der Waals surface area contributed by atoms with E-state index in [1.807, 2.05) is 0 Å². The number of alkyl halides is 3. The molecule has 0 bridgehead atoms. The quantitative estimate of drug-likeness (QED) is 0.618. The molecule has 0 aromatic carbocycles. The molecule has 8 nitrogen and oxygen atoms in total. The van der Waals surface area contributed by atoms with E-state index in [9.17, 15) is 18.0 Å². The molecule has 0 saturated carbocycles. The predicted octanol–water partition coefficient (Wildman–Crippen LogP) is 2.47. The fraction of sp³-hybridized carbons (Fsp3) is 0.786. The van der Waals surface area contributed by atoms with E-state index in [0.717, 1.165) is 11.8 Å². The monoisotopic (exact) mass is 397 g/mol. The molecule has 1 amide bonds. The van der Waals surface area contributed by atoms with Gasteiger partial charge in [-0.1, -0.05) is 11.8 Å². The van der Waals surface area contributed by atoms with Crippen molar-refractivity contribution in [1.82, 2.24) is 19.8 Å². The van der Waals surface area contributed by atoms with Crippen molar-refractivity contribution >= 4 is 17.9 Å². The summed E-state index contributed by atoms with van der Waals surface area (Å²) in [5.41, 5.74) is -1.59. The van der Waals surface area contributed by atoms with Crippen molar-refractivity contribution in [3.63, 3.8) is 0 Å². The van der Waals surface area contributed by atoms with Crippen molar-refractivity contribution in [3.05, 3.63) is 5.82 Å². The summed E-state index contributed by atoms with van der Waals surface area (Å²) in [7, 11) is 0. The van der Waals surface area contributed by atoms with Crippen molar-refractivity contribution in [3.8, 4) is 0 Å². The highest BCUT2D eigenvalue weighted by molar-refractivity contribution is 7.99. The minimum Gasteiger partial charge on any atom is -0.444 e. The molecule has 1 fully saturated rings. The van der Waals surface area contributed by atoms with Gasteiger partial charge in [0.15, 0.2) is 0 Å². The molecule has 0 aliphatic carbocycles. The third kappa shape index (κ3) is 4.53. The van der Waals surface area contributed by atoms with E-state index in [2.05, 4.69) is 10.2 Å². The van der Waals surface area contributed by atoms with Crippen molar-refractivity contribution < 1.29 is 27.4 Å². The van der Waals surface area contributed by atoms with Gasteiger partial charge in [0, 0.05) is 5.75 Å². The molecule has 1 aromatic rings. The summed E-state index contributed by atoms with van der Waals surface area (Å²) in [4.78, 5) is 13.9. The van der Waals surface area contributed by atoms with E-state index in [0.29, 0.717) is 4.68 Å². The Hall–Kier alpha value is -1.69. The minimum absolute atomic E-state index is 0.105. The van der Waals surface area contributed by atoms with Crippen LogP contribution in [0.25, 0.3) is 0 Å². The number of carbonyl (C=O) groups excluding carboxylic acids is 1. The molecule has 0 radical (unpaired) electrons. The van der Waals surface area contributed by atoms with Crippen LogP contribution in [-0.2, 0) is 15.7 Å². The summed E-state index contributed by atoms with van der Waals surface area (Å²) >= 11 is 0.956. The van der Waals surface area contributed by atoms with Crippen molar-refractivity contribution in [1.29, 1.82) is 0 Å². The third-order valence-corrected chi connectivity index (χ3v) is 4.58. The van der Waals surface area contributed by atoms with E-state index in [1.54, 1.807) is 34.6 Å². The predicted molar refractivity (Wildman–Crippen MR) is 87.8 cm³/mol. The highest BCUT2D eigenvalue weighted by atomic mass is 32.2. The molecular formula is C14H22F3N5O3S. The van der Waals surface area contributed by atoms with Crippen LogP contribution in [-0.4, -0.2) is 55.6 Å². The first kappa shape index (κ1) is 20.6. The van der Waals surface area contributed by atoms with Crippen LogP contribution in [0.4, 0.5) is 18.0 Å². The molecular weight excluding hydrogens is 375 g/mol. The van der Waals surface area contributed by atoms with Gasteiger partial charge in [0.25, 0.3) is 5.82 Å². The lowest BCUT2D eigenvalue weighted by atomic mass is 10.2. The molecule has 2 N–H and O–H groups in total. The van der Waals surface area contributed by atoms with Crippen LogP contribution in [0, 0.1) is 0 Å². The maximum absolute atomic E-state index is 12.7. The number of ether oxygens (including phenoxy) is 2. The third-order valence-electron chi connectivity index (χ3n) is 3.49. The largest absolute Gasteiger partial charge is 0.453 e. The zero-order valence-corrected chi connectivity index (χ0v) is 15.9. The van der Waals surface area contributed by atoms with Crippen LogP contribution in [0.1, 0.15) is 40.4 Å². The Kier molecular flexibility index (Phi) is 5.39. The van der Waals surface area contributed by atoms with Crippen molar-refractivity contribution in [2.75, 3.05) is 18.2 Å². The molecule has 148 valence electrons. The topological polar surface area (TPSA) is 95.5 Å². The number of rotatable bonds is 3. The normalized spacial score (nSPS) is 20.5. The molecule has 2 heterocycles. The van der Waals surface area contributed by atoms with Gasteiger partial charge in [0.05, 0.1) is 12.6 Å². The van der Waals surface area contributed by atoms with Gasteiger partial charge in [-0.2, -0.15) is 13.2 Å². The van der Waals surface area contributed by atoms with Crippen LogP contribution in [0.3, 0.4) is 0 Å². The van der Waals surface area contributed by atoms with Gasteiger partial charge < -0.3 is 15.3 Å². The molecule has 1 atom stereocenters. The van der Waals surface area contributed by atoms with E-state index in [1.165, 1.54) is 4.90 Å². The number of hydrogen-bond donors (Lipinski definition) is 1. The average molecular weight is 397 g/mol. The first-order valence-corrected chi connectivity index (χ1v) is 8.78. The van der Waals surface area contributed by atoms with Crippen LogP contribution < -0.4 is 5.84 Å². The van der Waals surface area contributed by atoms with E-state index < -0.39 is 35.5 Å². The number of nitrogens with two attached hydrogens (primary N) is 1. The summed E-state index contributed by atoms with van der Waals surface area (Å²) < 4.78 is 49.6. The number of halogens is 3. The lowest BCUT2D eigenvalue weighted by molar-refractivity contribution is -0.146. The summed E-state index contributed by atoms with van der Waals surface area (Å²) in [6, 6.07) is -0.420. The standard InChI is InChI=1S/C14H22F3N5O3S/c1-12(2,3)25-11(23)21-8(6-24-13(21,4)5)7-26-10-20-19-9(22(10)18)14(15,16)17/h8H,6-7,18H2,1-5H3. The molecule has 26 heavy (non-hydrogen) atoms. The van der Waals surface area contributed by atoms with Crippen LogP contribution in [0.15, 0.2) is 5.16 Å². The zero-order valence-electron chi connectivity index (χ0n) is 15.1. The van der Waals surface area contributed by atoms with Crippen LogP contribution >= 0.6 is 11.8 Å². The first-order valence-electron chi connectivity index (χ1n) is 7.79. The number of nitrogen functional groups attached to an aromatic ring is 1. The fourth-order valence-corrected chi connectivity index (χ4v) is 3.34. The smallest absolute Gasteiger partial charge is 0.444 e. The van der Waals surface area contributed by atoms with Gasteiger partial charge in [-0.25, -0.2) is 9.47 Å². The summed E-state index contributed by atoms with van der Waals surface area (Å²) in [5.74, 6) is 4.35. The number of nitrogens with zero attached hydrogens (tertiary/aromatic N) is 4. The minimum atomic E-state index is -4.69. The van der Waals surface area contributed by atoms with E-state index in [-0.39, 0.29) is 17.5 Å². The second kappa shape index (κ2) is 6.80. The Morgan fingerprint density at radius 3 is 2.50 bits per heavy atom. The first-order chi connectivity index (χ1) is 11.7.